The second-order valence-corrected chi connectivity index (χ2v) is 9.95. The number of para-hydroxylation sites is 1. The molecule has 1 aliphatic rings. The van der Waals surface area contributed by atoms with Gasteiger partial charge in [0.05, 0.1) is 22.3 Å². The van der Waals surface area contributed by atoms with E-state index in [-0.39, 0.29) is 5.56 Å². The van der Waals surface area contributed by atoms with E-state index in [1.807, 2.05) is 36.5 Å². The van der Waals surface area contributed by atoms with Crippen molar-refractivity contribution in [1.82, 2.24) is 29.4 Å². The average Bonchev–Trinajstić information content (AvgIpc) is 3.39. The van der Waals surface area contributed by atoms with Crippen LogP contribution >= 0.6 is 27.3 Å². The fourth-order valence-corrected chi connectivity index (χ4v) is 5.23. The highest BCUT2D eigenvalue weighted by Crippen LogP contribution is 2.23. The molecule has 7 nitrogen and oxygen atoms in total. The number of rotatable bonds is 5. The minimum atomic E-state index is -0.145. The van der Waals surface area contributed by atoms with Crippen LogP contribution in [0.3, 0.4) is 0 Å². The fourth-order valence-electron chi connectivity index (χ4n) is 3.70. The normalized spacial score (nSPS) is 15.8. The highest BCUT2D eigenvalue weighted by Gasteiger charge is 2.19. The van der Waals surface area contributed by atoms with Gasteiger partial charge in [-0.3, -0.25) is 14.6 Å². The molecule has 1 aliphatic heterocycles. The molecule has 154 valence electrons. The fraction of sp³-hybridized carbons (Fsp3) is 0.286. The predicted octanol–water partition coefficient (Wildman–Crippen LogP) is 3.18. The van der Waals surface area contributed by atoms with Crippen molar-refractivity contribution < 1.29 is 0 Å². The Labute approximate surface area is 186 Å². The van der Waals surface area contributed by atoms with Crippen LogP contribution in [0, 0.1) is 0 Å². The van der Waals surface area contributed by atoms with Crippen molar-refractivity contribution >= 4 is 38.2 Å². The minimum Gasteiger partial charge on any atom is -0.296 e. The van der Waals surface area contributed by atoms with Crippen molar-refractivity contribution in [3.05, 3.63) is 73.9 Å². The van der Waals surface area contributed by atoms with E-state index in [0.717, 1.165) is 43.8 Å². The zero-order valence-corrected chi connectivity index (χ0v) is 18.7. The zero-order valence-electron chi connectivity index (χ0n) is 16.3. The highest BCUT2D eigenvalue weighted by atomic mass is 79.9. The lowest BCUT2D eigenvalue weighted by atomic mass is 10.3. The Morgan fingerprint density at radius 2 is 1.77 bits per heavy atom. The van der Waals surface area contributed by atoms with Gasteiger partial charge in [-0.15, -0.1) is 11.3 Å². The van der Waals surface area contributed by atoms with E-state index in [2.05, 4.69) is 48.1 Å². The first-order chi connectivity index (χ1) is 14.7. The number of hydrogen-bond donors (Lipinski definition) is 0. The molecule has 1 aromatic carbocycles. The monoisotopic (exact) mass is 484 g/mol. The molecule has 0 spiro atoms. The van der Waals surface area contributed by atoms with E-state index in [0.29, 0.717) is 12.2 Å². The van der Waals surface area contributed by atoms with Crippen LogP contribution in [0.5, 0.6) is 0 Å². The molecule has 3 aromatic heterocycles. The van der Waals surface area contributed by atoms with Gasteiger partial charge in [0, 0.05) is 49.2 Å². The van der Waals surface area contributed by atoms with Gasteiger partial charge in [-0.25, -0.2) is 9.36 Å². The lowest BCUT2D eigenvalue weighted by Gasteiger charge is -2.34. The summed E-state index contributed by atoms with van der Waals surface area (Å²) in [5.41, 5.74) is 1.23. The van der Waals surface area contributed by atoms with Crippen LogP contribution in [-0.2, 0) is 13.2 Å². The second-order valence-electron chi connectivity index (χ2n) is 7.40. The van der Waals surface area contributed by atoms with E-state index in [4.69, 9.17) is 0 Å². The summed E-state index contributed by atoms with van der Waals surface area (Å²) < 4.78 is 4.43. The second kappa shape index (κ2) is 8.43. The molecular weight excluding hydrogens is 464 g/mol. The first-order valence-corrected chi connectivity index (χ1v) is 11.5. The summed E-state index contributed by atoms with van der Waals surface area (Å²) >= 11 is 5.31. The molecule has 0 N–H and O–H groups in total. The molecule has 9 heteroatoms. The highest BCUT2D eigenvalue weighted by molar-refractivity contribution is 9.11. The zero-order chi connectivity index (χ0) is 20.5. The molecule has 0 bridgehead atoms. The summed E-state index contributed by atoms with van der Waals surface area (Å²) in [7, 11) is 0. The summed E-state index contributed by atoms with van der Waals surface area (Å²) in [6.45, 7) is 5.26. The van der Waals surface area contributed by atoms with Crippen molar-refractivity contribution in [3.63, 3.8) is 0 Å². The maximum absolute atomic E-state index is 12.9. The van der Waals surface area contributed by atoms with Crippen LogP contribution in [0.1, 0.15) is 4.88 Å². The van der Waals surface area contributed by atoms with Gasteiger partial charge in [0.15, 0.2) is 5.52 Å². The van der Waals surface area contributed by atoms with Gasteiger partial charge in [0.2, 0.25) is 0 Å². The molecular formula is C21H21BrN6OS. The van der Waals surface area contributed by atoms with Crippen LogP contribution in [0.2, 0.25) is 0 Å². The number of hydrogen-bond acceptors (Lipinski definition) is 6. The van der Waals surface area contributed by atoms with Crippen LogP contribution in [0.15, 0.2) is 63.4 Å². The molecule has 4 heterocycles. The van der Waals surface area contributed by atoms with Gasteiger partial charge in [-0.05, 0) is 40.2 Å². The van der Waals surface area contributed by atoms with Crippen molar-refractivity contribution in [3.8, 4) is 5.69 Å². The third-order valence-corrected chi connectivity index (χ3v) is 6.95. The van der Waals surface area contributed by atoms with E-state index in [1.54, 1.807) is 22.2 Å². The lowest BCUT2D eigenvalue weighted by Crippen LogP contribution is -2.47. The van der Waals surface area contributed by atoms with Crippen LogP contribution in [0.25, 0.3) is 16.6 Å². The van der Waals surface area contributed by atoms with E-state index >= 15 is 0 Å². The molecule has 1 saturated heterocycles. The number of thiophene rings is 1. The molecule has 0 amide bonds. The SMILES string of the molecule is O=c1c2nn(-c3ccccc3)cc2cnn1CN1CCN(Cc2ccc(Br)s2)CC1. The maximum atomic E-state index is 12.9. The number of benzene rings is 1. The van der Waals surface area contributed by atoms with E-state index < -0.39 is 0 Å². The van der Waals surface area contributed by atoms with Crippen molar-refractivity contribution in [1.29, 1.82) is 0 Å². The average molecular weight is 485 g/mol. The summed E-state index contributed by atoms with van der Waals surface area (Å²) in [5.74, 6) is 0. The van der Waals surface area contributed by atoms with E-state index in [9.17, 15) is 4.79 Å². The molecule has 0 atom stereocenters. The van der Waals surface area contributed by atoms with Crippen LogP contribution in [-0.4, -0.2) is 55.5 Å². The molecule has 1 fully saturated rings. The van der Waals surface area contributed by atoms with E-state index in [1.165, 1.54) is 13.3 Å². The van der Waals surface area contributed by atoms with Crippen molar-refractivity contribution in [2.45, 2.75) is 13.2 Å². The molecule has 0 radical (unpaired) electrons. The maximum Gasteiger partial charge on any atom is 0.296 e. The van der Waals surface area contributed by atoms with Gasteiger partial charge in [-0.1, -0.05) is 18.2 Å². The van der Waals surface area contributed by atoms with Crippen molar-refractivity contribution in [2.24, 2.45) is 0 Å². The minimum absolute atomic E-state index is 0.145. The Kier molecular flexibility index (Phi) is 5.51. The summed E-state index contributed by atoms with van der Waals surface area (Å²) in [6.07, 6.45) is 3.58. The smallest absolute Gasteiger partial charge is 0.296 e. The van der Waals surface area contributed by atoms with Gasteiger partial charge >= 0.3 is 0 Å². The summed E-state index contributed by atoms with van der Waals surface area (Å²) in [5, 5.41) is 9.66. The molecule has 30 heavy (non-hydrogen) atoms. The predicted molar refractivity (Wildman–Crippen MR) is 122 cm³/mol. The van der Waals surface area contributed by atoms with Gasteiger partial charge in [0.1, 0.15) is 0 Å². The third-order valence-electron chi connectivity index (χ3n) is 5.34. The van der Waals surface area contributed by atoms with Crippen LogP contribution < -0.4 is 5.56 Å². The Bertz CT molecular complexity index is 1210. The Morgan fingerprint density at radius 3 is 2.50 bits per heavy atom. The van der Waals surface area contributed by atoms with Gasteiger partial charge < -0.3 is 0 Å². The number of nitrogens with zero attached hydrogens (tertiary/aromatic N) is 6. The topological polar surface area (TPSA) is 59.2 Å². The van der Waals surface area contributed by atoms with Gasteiger partial charge in [-0.2, -0.15) is 10.2 Å². The molecule has 0 unspecified atom stereocenters. The number of aromatic nitrogens is 4. The Morgan fingerprint density at radius 1 is 1.00 bits per heavy atom. The molecule has 0 saturated carbocycles. The quantitative estimate of drug-likeness (QED) is 0.435. The Balaban J connectivity index is 1.27. The van der Waals surface area contributed by atoms with Gasteiger partial charge in [0.25, 0.3) is 5.56 Å². The number of fused-ring (bicyclic) bond motifs is 1. The third kappa shape index (κ3) is 4.11. The first-order valence-electron chi connectivity index (χ1n) is 9.85. The number of piperazine rings is 1. The summed E-state index contributed by atoms with van der Waals surface area (Å²) in [4.78, 5) is 19.0. The number of halogens is 1. The largest absolute Gasteiger partial charge is 0.296 e. The molecule has 5 rings (SSSR count). The van der Waals surface area contributed by atoms with Crippen LogP contribution in [0.4, 0.5) is 0 Å². The molecule has 0 aliphatic carbocycles. The Hall–Kier alpha value is -2.33. The molecule has 4 aromatic rings. The first kappa shape index (κ1) is 19.6. The lowest BCUT2D eigenvalue weighted by molar-refractivity contribution is 0.0978. The summed E-state index contributed by atoms with van der Waals surface area (Å²) in [6, 6.07) is 14.1. The van der Waals surface area contributed by atoms with Crippen molar-refractivity contribution in [2.75, 3.05) is 26.2 Å². The standard InChI is InChI=1S/C21H21BrN6OS/c22-19-7-6-18(30-19)14-25-8-10-26(11-9-25)15-28-21(29)20-16(12-23-28)13-27(24-20)17-4-2-1-3-5-17/h1-7,12-13H,8-11,14-15H2.